The second-order valence-corrected chi connectivity index (χ2v) is 3.35. The second kappa shape index (κ2) is 4.70. The molecule has 6 nitrogen and oxygen atoms in total. The summed E-state index contributed by atoms with van der Waals surface area (Å²) in [6.45, 7) is 0.927. The van der Waals surface area contributed by atoms with Crippen LogP contribution in [0.1, 0.15) is 13.3 Å². The molecular formula is C8H15NO5. The minimum absolute atomic E-state index is 0.122. The van der Waals surface area contributed by atoms with Crippen LogP contribution in [0.2, 0.25) is 0 Å². The van der Waals surface area contributed by atoms with Crippen LogP contribution in [0, 0.1) is 0 Å². The van der Waals surface area contributed by atoms with Gasteiger partial charge in [0.15, 0.2) is 6.29 Å². The van der Waals surface area contributed by atoms with E-state index < -0.39 is 31.1 Å². The van der Waals surface area contributed by atoms with E-state index in [9.17, 15) is 15.0 Å². The molecule has 1 heterocycles. The molecule has 1 rings (SSSR count). The van der Waals surface area contributed by atoms with Crippen molar-refractivity contribution in [2.75, 3.05) is 6.61 Å². The first-order chi connectivity index (χ1) is 6.54. The summed E-state index contributed by atoms with van der Waals surface area (Å²) in [6.07, 6.45) is -2.78. The summed E-state index contributed by atoms with van der Waals surface area (Å²) in [6, 6.07) is -0.576. The lowest BCUT2D eigenvalue weighted by Crippen LogP contribution is -2.56. The highest BCUT2D eigenvalue weighted by molar-refractivity contribution is 5.73. The van der Waals surface area contributed by atoms with Crippen LogP contribution in [0.15, 0.2) is 0 Å². The summed E-state index contributed by atoms with van der Waals surface area (Å²) in [5.41, 5.74) is 0. The normalized spacial score (nSPS) is 38.0. The second-order valence-electron chi connectivity index (χ2n) is 3.35. The van der Waals surface area contributed by atoms with Crippen molar-refractivity contribution in [1.29, 1.82) is 0 Å². The van der Waals surface area contributed by atoms with Crippen LogP contribution in [-0.4, -0.2) is 52.4 Å². The molecular weight excluding hydrogens is 190 g/mol. The highest BCUT2D eigenvalue weighted by Crippen LogP contribution is 2.18. The molecule has 0 bridgehead atoms. The minimum Gasteiger partial charge on any atom is -0.394 e. The van der Waals surface area contributed by atoms with Crippen molar-refractivity contribution in [1.82, 2.24) is 5.32 Å². The molecule has 1 amide bonds. The van der Waals surface area contributed by atoms with Crippen LogP contribution in [-0.2, 0) is 9.53 Å². The molecule has 1 aliphatic heterocycles. The summed E-state index contributed by atoms with van der Waals surface area (Å²) >= 11 is 0. The predicted octanol–water partition coefficient (Wildman–Crippen LogP) is -2.05. The number of hydrogen-bond donors (Lipinski definition) is 4. The first-order valence-electron chi connectivity index (χ1n) is 4.44. The molecule has 0 aliphatic carbocycles. The fraction of sp³-hybridized carbons (Fsp3) is 0.875. The molecule has 0 aromatic rings. The van der Waals surface area contributed by atoms with Crippen molar-refractivity contribution in [2.45, 2.75) is 37.9 Å². The highest BCUT2D eigenvalue weighted by atomic mass is 16.6. The Kier molecular flexibility index (Phi) is 3.82. The Hall–Kier alpha value is -0.690. The van der Waals surface area contributed by atoms with Crippen LogP contribution in [0.4, 0.5) is 0 Å². The van der Waals surface area contributed by atoms with Gasteiger partial charge in [-0.2, -0.15) is 0 Å². The van der Waals surface area contributed by atoms with Crippen molar-refractivity contribution in [3.63, 3.8) is 0 Å². The fourth-order valence-electron chi connectivity index (χ4n) is 1.51. The van der Waals surface area contributed by atoms with Crippen LogP contribution in [0.5, 0.6) is 0 Å². The topological polar surface area (TPSA) is 99.0 Å². The SMILES string of the molecule is CC(=O)N[C@H]1C[C@@H](O)O[C@H](CO)[C@H]1O. The van der Waals surface area contributed by atoms with Crippen molar-refractivity contribution in [3.05, 3.63) is 0 Å². The van der Waals surface area contributed by atoms with E-state index in [1.165, 1.54) is 6.92 Å². The molecule has 82 valence electrons. The van der Waals surface area contributed by atoms with Crippen LogP contribution < -0.4 is 5.32 Å². The Bertz CT molecular complexity index is 210. The summed E-state index contributed by atoms with van der Waals surface area (Å²) in [5.74, 6) is -0.292. The third-order valence-corrected chi connectivity index (χ3v) is 2.15. The van der Waals surface area contributed by atoms with Crippen LogP contribution in [0.25, 0.3) is 0 Å². The van der Waals surface area contributed by atoms with Gasteiger partial charge in [-0.3, -0.25) is 4.79 Å². The van der Waals surface area contributed by atoms with E-state index in [4.69, 9.17) is 9.84 Å². The smallest absolute Gasteiger partial charge is 0.217 e. The zero-order valence-corrected chi connectivity index (χ0v) is 7.88. The highest BCUT2D eigenvalue weighted by Gasteiger charge is 2.36. The Labute approximate surface area is 81.5 Å². The van der Waals surface area contributed by atoms with E-state index >= 15 is 0 Å². The van der Waals surface area contributed by atoms with Gasteiger partial charge in [-0.1, -0.05) is 0 Å². The molecule has 4 N–H and O–H groups in total. The first kappa shape index (κ1) is 11.4. The number of hydrogen-bond acceptors (Lipinski definition) is 5. The number of ether oxygens (including phenoxy) is 1. The number of carbonyl (C=O) groups is 1. The van der Waals surface area contributed by atoms with Gasteiger partial charge in [-0.15, -0.1) is 0 Å². The van der Waals surface area contributed by atoms with Gasteiger partial charge in [0, 0.05) is 13.3 Å². The van der Waals surface area contributed by atoms with E-state index in [1.807, 2.05) is 0 Å². The molecule has 1 aliphatic rings. The van der Waals surface area contributed by atoms with Gasteiger partial charge in [0.2, 0.25) is 5.91 Å². The maximum Gasteiger partial charge on any atom is 0.217 e. The number of amides is 1. The minimum atomic E-state index is -1.06. The third-order valence-electron chi connectivity index (χ3n) is 2.15. The number of carbonyl (C=O) groups excluding carboxylic acids is 1. The van der Waals surface area contributed by atoms with Gasteiger partial charge in [0.1, 0.15) is 12.2 Å². The molecule has 0 radical (unpaired) electrons. The number of aliphatic hydroxyl groups excluding tert-OH is 3. The van der Waals surface area contributed by atoms with Crippen molar-refractivity contribution in [3.8, 4) is 0 Å². The van der Waals surface area contributed by atoms with Gasteiger partial charge in [-0.25, -0.2) is 0 Å². The number of rotatable bonds is 2. The fourth-order valence-corrected chi connectivity index (χ4v) is 1.51. The van der Waals surface area contributed by atoms with Crippen molar-refractivity contribution in [2.24, 2.45) is 0 Å². The first-order valence-corrected chi connectivity index (χ1v) is 4.44. The lowest BCUT2D eigenvalue weighted by atomic mass is 9.99. The molecule has 1 saturated heterocycles. The van der Waals surface area contributed by atoms with Crippen molar-refractivity contribution >= 4 is 5.91 Å². The summed E-state index contributed by atoms with van der Waals surface area (Å²) in [4.78, 5) is 10.8. The largest absolute Gasteiger partial charge is 0.394 e. The molecule has 0 aromatic carbocycles. The van der Waals surface area contributed by atoms with Crippen molar-refractivity contribution < 1.29 is 24.9 Å². The molecule has 0 aromatic heterocycles. The molecule has 0 saturated carbocycles. The standard InChI is InChI=1S/C8H15NO5/c1-4(11)9-5-2-7(12)14-6(3-10)8(5)13/h5-8,10,12-13H,2-3H2,1H3,(H,9,11)/t5-,6+,7-,8-/m0/s1. The van der Waals surface area contributed by atoms with Gasteiger partial charge in [-0.05, 0) is 0 Å². The molecule has 14 heavy (non-hydrogen) atoms. The quantitative estimate of drug-likeness (QED) is 0.416. The number of nitrogens with one attached hydrogen (secondary N) is 1. The third kappa shape index (κ3) is 2.65. The van der Waals surface area contributed by atoms with Gasteiger partial charge in [0.25, 0.3) is 0 Å². The molecule has 6 heteroatoms. The Morgan fingerprint density at radius 3 is 2.71 bits per heavy atom. The Balaban J connectivity index is 2.59. The maximum absolute atomic E-state index is 10.8. The van der Waals surface area contributed by atoms with Gasteiger partial charge >= 0.3 is 0 Å². The van der Waals surface area contributed by atoms with Gasteiger partial charge < -0.3 is 25.4 Å². The van der Waals surface area contributed by atoms with E-state index in [0.29, 0.717) is 0 Å². The molecule has 1 fully saturated rings. The monoisotopic (exact) mass is 205 g/mol. The van der Waals surface area contributed by atoms with Crippen LogP contribution in [0.3, 0.4) is 0 Å². The summed E-state index contributed by atoms with van der Waals surface area (Å²) < 4.78 is 4.86. The zero-order chi connectivity index (χ0) is 10.7. The van der Waals surface area contributed by atoms with Crippen LogP contribution >= 0.6 is 0 Å². The van der Waals surface area contributed by atoms with E-state index in [-0.39, 0.29) is 12.3 Å². The average molecular weight is 205 g/mol. The summed E-state index contributed by atoms with van der Waals surface area (Å²) in [5, 5.41) is 30.1. The van der Waals surface area contributed by atoms with Gasteiger partial charge in [0.05, 0.1) is 12.6 Å². The molecule has 4 atom stereocenters. The number of aliphatic hydroxyl groups is 3. The molecule has 0 spiro atoms. The Morgan fingerprint density at radius 2 is 2.21 bits per heavy atom. The maximum atomic E-state index is 10.8. The van der Waals surface area contributed by atoms with E-state index in [1.54, 1.807) is 0 Å². The average Bonchev–Trinajstić information content (AvgIpc) is 2.09. The summed E-state index contributed by atoms with van der Waals surface area (Å²) in [7, 11) is 0. The van der Waals surface area contributed by atoms with E-state index in [0.717, 1.165) is 0 Å². The molecule has 0 unspecified atom stereocenters. The predicted molar refractivity (Wildman–Crippen MR) is 46.2 cm³/mol. The Morgan fingerprint density at radius 1 is 1.57 bits per heavy atom. The lowest BCUT2D eigenvalue weighted by Gasteiger charge is -2.36. The zero-order valence-electron chi connectivity index (χ0n) is 7.88. The lowest BCUT2D eigenvalue weighted by molar-refractivity contribution is -0.216. The van der Waals surface area contributed by atoms with E-state index in [2.05, 4.69) is 5.32 Å².